The van der Waals surface area contributed by atoms with E-state index in [0.29, 0.717) is 10.8 Å². The summed E-state index contributed by atoms with van der Waals surface area (Å²) in [4.78, 5) is 3.79. The lowest BCUT2D eigenvalue weighted by Crippen LogP contribution is -2.28. The van der Waals surface area contributed by atoms with Crippen molar-refractivity contribution >= 4 is 26.6 Å². The highest BCUT2D eigenvalue weighted by Crippen LogP contribution is 2.24. The second kappa shape index (κ2) is 4.93. The monoisotopic (exact) mass is 304 g/mol. The standard InChI is InChI=1S/C12H11F3N2O2S/c1-8-2-3-10-9(6-8)4-5-16-11(10)17-20(18,19)7-12(13,14)15/h2-6H,7H2,1H3,(H,16,17). The minimum atomic E-state index is -4.80. The van der Waals surface area contributed by atoms with E-state index in [2.05, 4.69) is 4.98 Å². The van der Waals surface area contributed by atoms with Crippen molar-refractivity contribution in [3.05, 3.63) is 36.0 Å². The Morgan fingerprint density at radius 2 is 1.95 bits per heavy atom. The van der Waals surface area contributed by atoms with Gasteiger partial charge in [-0.05, 0) is 18.4 Å². The smallest absolute Gasteiger partial charge is 0.267 e. The van der Waals surface area contributed by atoms with Crippen molar-refractivity contribution in [1.82, 2.24) is 4.98 Å². The van der Waals surface area contributed by atoms with Crippen molar-refractivity contribution in [3.8, 4) is 0 Å². The van der Waals surface area contributed by atoms with Crippen LogP contribution in [0.15, 0.2) is 30.5 Å². The summed E-state index contributed by atoms with van der Waals surface area (Å²) in [5.41, 5.74) is 0.952. The number of nitrogens with zero attached hydrogens (tertiary/aromatic N) is 1. The third-order valence-electron chi connectivity index (χ3n) is 2.53. The molecule has 1 heterocycles. The maximum absolute atomic E-state index is 12.2. The molecular formula is C12H11F3N2O2S. The Labute approximate surface area is 113 Å². The highest BCUT2D eigenvalue weighted by molar-refractivity contribution is 7.92. The summed E-state index contributed by atoms with van der Waals surface area (Å²) in [6.07, 6.45) is -3.46. The van der Waals surface area contributed by atoms with Gasteiger partial charge in [-0.25, -0.2) is 13.4 Å². The van der Waals surface area contributed by atoms with E-state index in [0.717, 1.165) is 5.56 Å². The molecule has 0 unspecified atom stereocenters. The molecule has 1 aromatic carbocycles. The van der Waals surface area contributed by atoms with Gasteiger partial charge in [0, 0.05) is 11.6 Å². The SMILES string of the molecule is Cc1ccc2c(NS(=O)(=O)CC(F)(F)F)nccc2c1. The van der Waals surface area contributed by atoms with Gasteiger partial charge in [0.15, 0.2) is 5.75 Å². The average molecular weight is 304 g/mol. The number of pyridine rings is 1. The summed E-state index contributed by atoms with van der Waals surface area (Å²) in [6, 6.07) is 6.79. The van der Waals surface area contributed by atoms with Gasteiger partial charge in [-0.3, -0.25) is 4.72 Å². The first-order valence-corrected chi connectivity index (χ1v) is 7.24. The third kappa shape index (κ3) is 3.60. The summed E-state index contributed by atoms with van der Waals surface area (Å²) >= 11 is 0. The van der Waals surface area contributed by atoms with Crippen LogP contribution in [0.5, 0.6) is 0 Å². The van der Waals surface area contributed by atoms with Gasteiger partial charge in [0.1, 0.15) is 5.82 Å². The molecule has 8 heteroatoms. The highest BCUT2D eigenvalue weighted by atomic mass is 32.2. The van der Waals surface area contributed by atoms with Crippen LogP contribution in [-0.4, -0.2) is 25.3 Å². The van der Waals surface area contributed by atoms with Crippen molar-refractivity contribution < 1.29 is 21.6 Å². The minimum absolute atomic E-state index is 0.105. The largest absolute Gasteiger partial charge is 0.404 e. The van der Waals surface area contributed by atoms with Crippen LogP contribution in [-0.2, 0) is 10.0 Å². The van der Waals surface area contributed by atoms with Crippen LogP contribution in [0.3, 0.4) is 0 Å². The number of nitrogens with one attached hydrogen (secondary N) is 1. The van der Waals surface area contributed by atoms with Gasteiger partial charge in [-0.1, -0.05) is 23.8 Å². The second-order valence-corrected chi connectivity index (χ2v) is 6.08. The second-order valence-electron chi connectivity index (χ2n) is 4.36. The zero-order valence-corrected chi connectivity index (χ0v) is 11.2. The number of halogens is 3. The summed E-state index contributed by atoms with van der Waals surface area (Å²) in [7, 11) is -4.53. The van der Waals surface area contributed by atoms with E-state index in [1.54, 1.807) is 24.3 Å². The molecule has 4 nitrogen and oxygen atoms in total. The summed E-state index contributed by atoms with van der Waals surface area (Å²) in [5, 5.41) is 1.15. The molecule has 2 aromatic rings. The summed E-state index contributed by atoms with van der Waals surface area (Å²) in [6.45, 7) is 1.85. The van der Waals surface area contributed by atoms with Gasteiger partial charge in [-0.15, -0.1) is 0 Å². The summed E-state index contributed by atoms with van der Waals surface area (Å²) in [5.74, 6) is -2.05. The Bertz CT molecular complexity index is 742. The van der Waals surface area contributed by atoms with Crippen molar-refractivity contribution in [2.75, 3.05) is 10.5 Å². The Hall–Kier alpha value is -1.83. The minimum Gasteiger partial charge on any atom is -0.267 e. The van der Waals surface area contributed by atoms with Crippen molar-refractivity contribution in [2.24, 2.45) is 0 Å². The predicted octanol–water partition coefficient (Wildman–Crippen LogP) is 2.85. The summed E-state index contributed by atoms with van der Waals surface area (Å²) < 4.78 is 61.3. The molecule has 0 amide bonds. The van der Waals surface area contributed by atoms with Crippen molar-refractivity contribution in [2.45, 2.75) is 13.1 Å². The zero-order valence-electron chi connectivity index (χ0n) is 10.4. The van der Waals surface area contributed by atoms with Gasteiger partial charge in [-0.2, -0.15) is 13.2 Å². The lowest BCUT2D eigenvalue weighted by atomic mass is 10.1. The number of anilines is 1. The Balaban J connectivity index is 2.40. The number of benzene rings is 1. The van der Waals surface area contributed by atoms with Crippen LogP contribution in [0.4, 0.5) is 19.0 Å². The Morgan fingerprint density at radius 1 is 1.25 bits per heavy atom. The van der Waals surface area contributed by atoms with Crippen molar-refractivity contribution in [3.63, 3.8) is 0 Å². The lowest BCUT2D eigenvalue weighted by Gasteiger charge is -2.11. The van der Waals surface area contributed by atoms with Crippen LogP contribution in [0.25, 0.3) is 10.8 Å². The Morgan fingerprint density at radius 3 is 2.60 bits per heavy atom. The average Bonchev–Trinajstić information content (AvgIpc) is 2.24. The van der Waals surface area contributed by atoms with Gasteiger partial charge in [0.2, 0.25) is 10.0 Å². The van der Waals surface area contributed by atoms with Crippen LogP contribution in [0.1, 0.15) is 5.56 Å². The fraction of sp³-hybridized carbons (Fsp3) is 0.250. The predicted molar refractivity (Wildman–Crippen MR) is 69.9 cm³/mol. The van der Waals surface area contributed by atoms with Crippen LogP contribution in [0, 0.1) is 6.92 Å². The van der Waals surface area contributed by atoms with Crippen LogP contribution >= 0.6 is 0 Å². The first-order chi connectivity index (χ1) is 9.16. The molecule has 0 spiro atoms. The molecular weight excluding hydrogens is 293 g/mol. The van der Waals surface area contributed by atoms with Gasteiger partial charge in [0.25, 0.3) is 0 Å². The first kappa shape index (κ1) is 14.6. The van der Waals surface area contributed by atoms with Crippen LogP contribution in [0.2, 0.25) is 0 Å². The molecule has 0 bridgehead atoms. The molecule has 0 fully saturated rings. The quantitative estimate of drug-likeness (QED) is 0.948. The van der Waals surface area contributed by atoms with E-state index in [9.17, 15) is 21.6 Å². The molecule has 0 aliphatic carbocycles. The van der Waals surface area contributed by atoms with Crippen molar-refractivity contribution in [1.29, 1.82) is 0 Å². The maximum atomic E-state index is 12.2. The van der Waals surface area contributed by atoms with E-state index in [1.165, 1.54) is 6.20 Å². The van der Waals surface area contributed by atoms with E-state index in [4.69, 9.17) is 0 Å². The molecule has 1 aromatic heterocycles. The zero-order chi connectivity index (χ0) is 15.0. The molecule has 0 atom stereocenters. The molecule has 0 saturated heterocycles. The number of aryl methyl sites for hydroxylation is 1. The number of sulfonamides is 1. The fourth-order valence-electron chi connectivity index (χ4n) is 1.78. The van der Waals surface area contributed by atoms with E-state index >= 15 is 0 Å². The lowest BCUT2D eigenvalue weighted by molar-refractivity contribution is -0.106. The molecule has 20 heavy (non-hydrogen) atoms. The van der Waals surface area contributed by atoms with E-state index < -0.39 is 22.0 Å². The van der Waals surface area contributed by atoms with Gasteiger partial charge >= 0.3 is 6.18 Å². The number of hydrogen-bond acceptors (Lipinski definition) is 3. The number of alkyl halides is 3. The van der Waals surface area contributed by atoms with E-state index in [1.807, 2.05) is 11.6 Å². The van der Waals surface area contributed by atoms with Crippen LogP contribution < -0.4 is 4.72 Å². The highest BCUT2D eigenvalue weighted by Gasteiger charge is 2.35. The fourth-order valence-corrected chi connectivity index (χ4v) is 2.74. The van der Waals surface area contributed by atoms with E-state index in [-0.39, 0.29) is 5.82 Å². The first-order valence-electron chi connectivity index (χ1n) is 5.59. The topological polar surface area (TPSA) is 59.1 Å². The molecule has 0 aliphatic heterocycles. The number of fused-ring (bicyclic) bond motifs is 1. The molecule has 0 radical (unpaired) electrons. The molecule has 108 valence electrons. The number of hydrogen-bond donors (Lipinski definition) is 1. The molecule has 2 rings (SSSR count). The third-order valence-corrected chi connectivity index (χ3v) is 3.74. The molecule has 0 aliphatic rings. The van der Waals surface area contributed by atoms with Gasteiger partial charge < -0.3 is 0 Å². The number of rotatable bonds is 3. The molecule has 1 N–H and O–H groups in total. The maximum Gasteiger partial charge on any atom is 0.404 e. The normalized spacial score (nSPS) is 12.6. The Kier molecular flexibility index (Phi) is 3.59. The molecule has 0 saturated carbocycles. The van der Waals surface area contributed by atoms with Gasteiger partial charge in [0.05, 0.1) is 0 Å². The number of aromatic nitrogens is 1.